The number of rotatable bonds is 8. The molecule has 106 valence electrons. The predicted molar refractivity (Wildman–Crippen MR) is 77.5 cm³/mol. The third-order valence-electron chi connectivity index (χ3n) is 3.77. The standard InChI is InChI=1S/C16H25NO2/c1-3-4-11-17(14-7-8-14)12-16(18)13-5-9-15(19-2)10-6-13/h5-6,9-10,14,16,18H,3-4,7-8,11-12H2,1-2H3. The lowest BCUT2D eigenvalue weighted by Crippen LogP contribution is -2.31. The van der Waals surface area contributed by atoms with Crippen LogP contribution in [0.4, 0.5) is 0 Å². The fourth-order valence-electron chi connectivity index (χ4n) is 2.38. The molecule has 1 fully saturated rings. The molecule has 0 amide bonds. The van der Waals surface area contributed by atoms with Crippen molar-refractivity contribution >= 4 is 0 Å². The van der Waals surface area contributed by atoms with Gasteiger partial charge in [-0.25, -0.2) is 0 Å². The van der Waals surface area contributed by atoms with Crippen molar-refractivity contribution in [1.29, 1.82) is 0 Å². The summed E-state index contributed by atoms with van der Waals surface area (Å²) in [5.41, 5.74) is 0.975. The van der Waals surface area contributed by atoms with E-state index in [9.17, 15) is 5.11 Å². The highest BCUT2D eigenvalue weighted by atomic mass is 16.5. The maximum absolute atomic E-state index is 10.3. The number of unbranched alkanes of at least 4 members (excludes halogenated alkanes) is 1. The van der Waals surface area contributed by atoms with Crippen molar-refractivity contribution in [3.05, 3.63) is 29.8 Å². The molecule has 0 heterocycles. The van der Waals surface area contributed by atoms with Gasteiger partial charge in [0.2, 0.25) is 0 Å². The van der Waals surface area contributed by atoms with Gasteiger partial charge in [0.05, 0.1) is 13.2 Å². The maximum atomic E-state index is 10.3. The van der Waals surface area contributed by atoms with Gasteiger partial charge in [-0.15, -0.1) is 0 Å². The second-order valence-electron chi connectivity index (χ2n) is 5.37. The summed E-state index contributed by atoms with van der Waals surface area (Å²) in [6.07, 6.45) is 4.61. The van der Waals surface area contributed by atoms with E-state index in [1.54, 1.807) is 7.11 Å². The van der Waals surface area contributed by atoms with Gasteiger partial charge in [-0.05, 0) is 43.5 Å². The molecular weight excluding hydrogens is 238 g/mol. The van der Waals surface area contributed by atoms with Crippen LogP contribution in [0.3, 0.4) is 0 Å². The van der Waals surface area contributed by atoms with Crippen LogP contribution in [0.15, 0.2) is 24.3 Å². The van der Waals surface area contributed by atoms with E-state index in [1.807, 2.05) is 24.3 Å². The number of aliphatic hydroxyl groups is 1. The van der Waals surface area contributed by atoms with Gasteiger partial charge in [-0.3, -0.25) is 4.90 Å². The van der Waals surface area contributed by atoms with Crippen LogP contribution in [-0.4, -0.2) is 36.2 Å². The monoisotopic (exact) mass is 263 g/mol. The minimum Gasteiger partial charge on any atom is -0.497 e. The largest absolute Gasteiger partial charge is 0.497 e. The second kappa shape index (κ2) is 6.92. The van der Waals surface area contributed by atoms with Crippen molar-refractivity contribution < 1.29 is 9.84 Å². The highest BCUT2D eigenvalue weighted by molar-refractivity contribution is 5.28. The molecule has 0 bridgehead atoms. The van der Waals surface area contributed by atoms with Crippen LogP contribution >= 0.6 is 0 Å². The average Bonchev–Trinajstić information content (AvgIpc) is 3.28. The Labute approximate surface area is 116 Å². The number of methoxy groups -OCH3 is 1. The van der Waals surface area contributed by atoms with Crippen molar-refractivity contribution in [3.63, 3.8) is 0 Å². The van der Waals surface area contributed by atoms with Gasteiger partial charge in [0, 0.05) is 12.6 Å². The van der Waals surface area contributed by atoms with Crippen LogP contribution in [0, 0.1) is 0 Å². The lowest BCUT2D eigenvalue weighted by Gasteiger charge is -2.25. The maximum Gasteiger partial charge on any atom is 0.118 e. The van der Waals surface area contributed by atoms with Gasteiger partial charge >= 0.3 is 0 Å². The summed E-state index contributed by atoms with van der Waals surface area (Å²) in [5.74, 6) is 0.834. The summed E-state index contributed by atoms with van der Waals surface area (Å²) in [6.45, 7) is 4.07. The number of benzene rings is 1. The van der Waals surface area contributed by atoms with E-state index in [2.05, 4.69) is 11.8 Å². The lowest BCUT2D eigenvalue weighted by molar-refractivity contribution is 0.107. The molecule has 3 heteroatoms. The van der Waals surface area contributed by atoms with E-state index in [0.717, 1.165) is 24.4 Å². The summed E-state index contributed by atoms with van der Waals surface area (Å²) >= 11 is 0. The van der Waals surface area contributed by atoms with E-state index >= 15 is 0 Å². The Kier molecular flexibility index (Phi) is 5.23. The van der Waals surface area contributed by atoms with Crippen LogP contribution < -0.4 is 4.74 Å². The molecule has 1 aromatic carbocycles. The van der Waals surface area contributed by atoms with Gasteiger partial charge in [0.1, 0.15) is 5.75 Å². The first-order chi connectivity index (χ1) is 9.24. The number of nitrogens with zero attached hydrogens (tertiary/aromatic N) is 1. The second-order valence-corrected chi connectivity index (χ2v) is 5.37. The Morgan fingerprint density at radius 1 is 1.32 bits per heavy atom. The molecule has 1 unspecified atom stereocenters. The molecule has 1 N–H and O–H groups in total. The zero-order chi connectivity index (χ0) is 13.7. The topological polar surface area (TPSA) is 32.7 Å². The number of ether oxygens (including phenoxy) is 1. The Balaban J connectivity index is 1.91. The Bertz CT molecular complexity index is 373. The Morgan fingerprint density at radius 2 is 2.00 bits per heavy atom. The molecule has 0 spiro atoms. The molecule has 19 heavy (non-hydrogen) atoms. The summed E-state index contributed by atoms with van der Waals surface area (Å²) in [5, 5.41) is 10.3. The van der Waals surface area contributed by atoms with Gasteiger partial charge in [-0.1, -0.05) is 25.5 Å². The first-order valence-electron chi connectivity index (χ1n) is 7.30. The van der Waals surface area contributed by atoms with Crippen molar-refractivity contribution in [2.45, 2.75) is 44.8 Å². The SMILES string of the molecule is CCCCN(CC(O)c1ccc(OC)cc1)C1CC1. The van der Waals surface area contributed by atoms with E-state index in [4.69, 9.17) is 4.74 Å². The Morgan fingerprint density at radius 3 is 2.53 bits per heavy atom. The molecule has 0 aliphatic heterocycles. The summed E-state index contributed by atoms with van der Waals surface area (Å²) in [7, 11) is 1.66. The minimum atomic E-state index is -0.400. The molecule has 1 atom stereocenters. The van der Waals surface area contributed by atoms with Crippen LogP contribution in [0.25, 0.3) is 0 Å². The molecule has 3 nitrogen and oxygen atoms in total. The van der Waals surface area contributed by atoms with Gasteiger partial charge in [-0.2, -0.15) is 0 Å². The average molecular weight is 263 g/mol. The molecule has 1 aliphatic carbocycles. The zero-order valence-electron chi connectivity index (χ0n) is 12.0. The van der Waals surface area contributed by atoms with Crippen LogP contribution in [-0.2, 0) is 0 Å². The van der Waals surface area contributed by atoms with Gasteiger partial charge in [0.25, 0.3) is 0 Å². The van der Waals surface area contributed by atoms with Crippen molar-refractivity contribution in [3.8, 4) is 5.75 Å². The number of hydrogen-bond acceptors (Lipinski definition) is 3. The van der Waals surface area contributed by atoms with E-state index in [0.29, 0.717) is 6.04 Å². The first-order valence-corrected chi connectivity index (χ1v) is 7.30. The van der Waals surface area contributed by atoms with Crippen molar-refractivity contribution in [1.82, 2.24) is 4.90 Å². The van der Waals surface area contributed by atoms with Crippen molar-refractivity contribution in [2.75, 3.05) is 20.2 Å². The molecule has 2 rings (SSSR count). The van der Waals surface area contributed by atoms with E-state index in [1.165, 1.54) is 25.7 Å². The zero-order valence-corrected chi connectivity index (χ0v) is 12.0. The molecule has 1 saturated carbocycles. The fourth-order valence-corrected chi connectivity index (χ4v) is 2.38. The lowest BCUT2D eigenvalue weighted by atomic mass is 10.1. The smallest absolute Gasteiger partial charge is 0.118 e. The predicted octanol–water partition coefficient (Wildman–Crippen LogP) is 2.99. The number of aliphatic hydroxyl groups excluding tert-OH is 1. The van der Waals surface area contributed by atoms with Gasteiger partial charge in [0.15, 0.2) is 0 Å². The molecular formula is C16H25NO2. The van der Waals surface area contributed by atoms with Crippen molar-refractivity contribution in [2.24, 2.45) is 0 Å². The van der Waals surface area contributed by atoms with E-state index < -0.39 is 6.10 Å². The van der Waals surface area contributed by atoms with Gasteiger partial charge < -0.3 is 9.84 Å². The molecule has 1 aromatic rings. The summed E-state index contributed by atoms with van der Waals surface area (Å²) in [4.78, 5) is 2.44. The van der Waals surface area contributed by atoms with Crippen LogP contribution in [0.2, 0.25) is 0 Å². The third kappa shape index (κ3) is 4.22. The van der Waals surface area contributed by atoms with Crippen LogP contribution in [0.1, 0.15) is 44.3 Å². The summed E-state index contributed by atoms with van der Waals surface area (Å²) in [6, 6.07) is 8.43. The van der Waals surface area contributed by atoms with Crippen LogP contribution in [0.5, 0.6) is 5.75 Å². The molecule has 0 radical (unpaired) electrons. The first kappa shape index (κ1) is 14.4. The minimum absolute atomic E-state index is 0.400. The normalized spacial score (nSPS) is 16.6. The quantitative estimate of drug-likeness (QED) is 0.782. The molecule has 0 aromatic heterocycles. The Hall–Kier alpha value is -1.06. The molecule has 1 aliphatic rings. The highest BCUT2D eigenvalue weighted by Crippen LogP contribution is 2.29. The third-order valence-corrected chi connectivity index (χ3v) is 3.77. The highest BCUT2D eigenvalue weighted by Gasteiger charge is 2.29. The summed E-state index contributed by atoms with van der Waals surface area (Å²) < 4.78 is 5.14. The van der Waals surface area contributed by atoms with E-state index in [-0.39, 0.29) is 0 Å². The molecule has 0 saturated heterocycles. The fraction of sp³-hybridized carbons (Fsp3) is 0.625. The number of hydrogen-bond donors (Lipinski definition) is 1.